The van der Waals surface area contributed by atoms with Gasteiger partial charge in [-0.25, -0.2) is 4.79 Å². The number of hydrogen-bond donors (Lipinski definition) is 0. The maximum Gasteiger partial charge on any atom is 0.338 e. The number of rotatable bonds is 0. The van der Waals surface area contributed by atoms with Gasteiger partial charge in [-0.2, -0.15) is 0 Å². The molecule has 2 fully saturated rings. The standard InChI is InChI=1S/C9H8O2.C2H6/c10-9-8-3-6-1-5(6)2-7(8)4-11-9;1-2/h2-3,5-6H,1,4H2;1-2H3. The van der Waals surface area contributed by atoms with E-state index in [1.54, 1.807) is 0 Å². The Bertz CT molecular complexity index is 299. The minimum absolute atomic E-state index is 0.124. The van der Waals surface area contributed by atoms with Crippen LogP contribution in [0.1, 0.15) is 20.3 Å². The topological polar surface area (TPSA) is 26.3 Å². The Labute approximate surface area is 78.3 Å². The van der Waals surface area contributed by atoms with Gasteiger partial charge in [-0.05, 0) is 23.8 Å². The van der Waals surface area contributed by atoms with Crippen LogP contribution in [0, 0.1) is 11.8 Å². The van der Waals surface area contributed by atoms with E-state index in [4.69, 9.17) is 4.74 Å². The summed E-state index contributed by atoms with van der Waals surface area (Å²) in [5.41, 5.74) is 1.96. The summed E-state index contributed by atoms with van der Waals surface area (Å²) in [6.45, 7) is 4.51. The number of fused-ring (bicyclic) bond motifs is 2. The lowest BCUT2D eigenvalue weighted by Gasteiger charge is -2.00. The molecule has 0 spiro atoms. The number of allylic oxidation sites excluding steroid dienone is 2. The molecule has 0 aromatic heterocycles. The summed E-state index contributed by atoms with van der Waals surface area (Å²) in [6.07, 6.45) is 5.51. The highest BCUT2D eigenvalue weighted by atomic mass is 16.5. The Kier molecular flexibility index (Phi) is 1.98. The molecule has 2 heteroatoms. The van der Waals surface area contributed by atoms with Crippen molar-refractivity contribution in [2.45, 2.75) is 20.3 Å². The van der Waals surface area contributed by atoms with E-state index >= 15 is 0 Å². The van der Waals surface area contributed by atoms with Gasteiger partial charge in [0.2, 0.25) is 0 Å². The Balaban J connectivity index is 0.000000308. The highest BCUT2D eigenvalue weighted by Crippen LogP contribution is 2.47. The Morgan fingerprint density at radius 2 is 2.00 bits per heavy atom. The van der Waals surface area contributed by atoms with Crippen molar-refractivity contribution in [3.05, 3.63) is 23.3 Å². The third kappa shape index (κ3) is 1.30. The molecule has 1 aliphatic heterocycles. The second-order valence-electron chi connectivity index (χ2n) is 3.41. The van der Waals surface area contributed by atoms with E-state index < -0.39 is 0 Å². The van der Waals surface area contributed by atoms with E-state index in [0.717, 1.165) is 17.1 Å². The molecule has 2 unspecified atom stereocenters. The first-order valence-electron chi connectivity index (χ1n) is 4.94. The second kappa shape index (κ2) is 3.02. The van der Waals surface area contributed by atoms with Gasteiger partial charge in [0.1, 0.15) is 6.61 Å². The zero-order valence-electron chi connectivity index (χ0n) is 8.04. The van der Waals surface area contributed by atoms with Gasteiger partial charge in [-0.15, -0.1) is 0 Å². The largest absolute Gasteiger partial charge is 0.457 e. The SMILES string of the molecule is CC.O=C1OCC2=CC3CC3C=C12. The summed E-state index contributed by atoms with van der Waals surface area (Å²) in [4.78, 5) is 11.0. The molecule has 3 aliphatic rings. The zero-order valence-corrected chi connectivity index (χ0v) is 8.04. The molecular formula is C11H14O2. The van der Waals surface area contributed by atoms with Crippen LogP contribution < -0.4 is 0 Å². The fraction of sp³-hybridized carbons (Fsp3) is 0.545. The number of esters is 1. The smallest absolute Gasteiger partial charge is 0.338 e. The summed E-state index contributed by atoms with van der Waals surface area (Å²) >= 11 is 0. The average molecular weight is 178 g/mol. The molecule has 2 aliphatic carbocycles. The van der Waals surface area contributed by atoms with Crippen molar-refractivity contribution < 1.29 is 9.53 Å². The first kappa shape index (κ1) is 8.54. The van der Waals surface area contributed by atoms with Gasteiger partial charge in [0.15, 0.2) is 0 Å². The predicted molar refractivity (Wildman–Crippen MR) is 50.1 cm³/mol. The molecule has 0 aromatic carbocycles. The number of ether oxygens (including phenoxy) is 1. The van der Waals surface area contributed by atoms with Crippen LogP contribution in [0.15, 0.2) is 23.3 Å². The molecule has 1 saturated carbocycles. The van der Waals surface area contributed by atoms with Gasteiger partial charge in [0.05, 0.1) is 5.57 Å². The minimum atomic E-state index is -0.124. The van der Waals surface area contributed by atoms with Crippen LogP contribution in [0.3, 0.4) is 0 Å². The molecule has 3 rings (SSSR count). The second-order valence-corrected chi connectivity index (χ2v) is 3.41. The van der Waals surface area contributed by atoms with Crippen LogP contribution in [-0.2, 0) is 9.53 Å². The van der Waals surface area contributed by atoms with E-state index in [1.165, 1.54) is 6.42 Å². The van der Waals surface area contributed by atoms with Gasteiger partial charge in [-0.3, -0.25) is 0 Å². The van der Waals surface area contributed by atoms with Crippen molar-refractivity contribution >= 4 is 5.97 Å². The predicted octanol–water partition coefficient (Wildman–Crippen LogP) is 2.07. The fourth-order valence-corrected chi connectivity index (χ4v) is 1.83. The van der Waals surface area contributed by atoms with E-state index in [2.05, 4.69) is 12.2 Å². The van der Waals surface area contributed by atoms with Crippen molar-refractivity contribution in [1.29, 1.82) is 0 Å². The Hall–Kier alpha value is -1.05. The van der Waals surface area contributed by atoms with Crippen LogP contribution in [0.5, 0.6) is 0 Å². The van der Waals surface area contributed by atoms with Crippen LogP contribution in [0.2, 0.25) is 0 Å². The van der Waals surface area contributed by atoms with Crippen LogP contribution in [0.4, 0.5) is 0 Å². The quantitative estimate of drug-likeness (QED) is 0.531. The molecule has 1 saturated heterocycles. The average Bonchev–Trinajstić information content (AvgIpc) is 2.85. The molecule has 13 heavy (non-hydrogen) atoms. The van der Waals surface area contributed by atoms with Crippen molar-refractivity contribution in [2.24, 2.45) is 11.8 Å². The lowest BCUT2D eigenvalue weighted by Crippen LogP contribution is -1.98. The lowest BCUT2D eigenvalue weighted by molar-refractivity contribution is -0.135. The van der Waals surface area contributed by atoms with E-state index in [-0.39, 0.29) is 5.97 Å². The molecule has 2 nitrogen and oxygen atoms in total. The summed E-state index contributed by atoms with van der Waals surface area (Å²) in [5, 5.41) is 0. The molecule has 2 atom stereocenters. The summed E-state index contributed by atoms with van der Waals surface area (Å²) in [7, 11) is 0. The van der Waals surface area contributed by atoms with Gasteiger partial charge >= 0.3 is 5.97 Å². The van der Waals surface area contributed by atoms with Crippen LogP contribution in [-0.4, -0.2) is 12.6 Å². The molecule has 1 heterocycles. The molecule has 0 radical (unpaired) electrons. The molecule has 0 amide bonds. The Morgan fingerprint density at radius 3 is 2.77 bits per heavy atom. The van der Waals surface area contributed by atoms with Crippen LogP contribution in [0.25, 0.3) is 0 Å². The summed E-state index contributed by atoms with van der Waals surface area (Å²) in [5.74, 6) is 1.25. The van der Waals surface area contributed by atoms with Crippen molar-refractivity contribution in [2.75, 3.05) is 6.61 Å². The first-order valence-corrected chi connectivity index (χ1v) is 4.94. The highest BCUT2D eigenvalue weighted by Gasteiger charge is 2.41. The normalized spacial score (nSPS) is 32.9. The number of carbonyl (C=O) groups excluding carboxylic acids is 1. The molecule has 0 N–H and O–H groups in total. The Morgan fingerprint density at radius 1 is 1.31 bits per heavy atom. The third-order valence-electron chi connectivity index (χ3n) is 2.61. The van der Waals surface area contributed by atoms with Crippen molar-refractivity contribution in [3.63, 3.8) is 0 Å². The number of hydrogen-bond acceptors (Lipinski definition) is 2. The van der Waals surface area contributed by atoms with Gasteiger partial charge < -0.3 is 4.74 Å². The maximum atomic E-state index is 11.0. The van der Waals surface area contributed by atoms with E-state index in [0.29, 0.717) is 12.5 Å². The van der Waals surface area contributed by atoms with Crippen molar-refractivity contribution in [1.82, 2.24) is 0 Å². The van der Waals surface area contributed by atoms with Crippen LogP contribution >= 0.6 is 0 Å². The highest BCUT2D eigenvalue weighted by molar-refractivity contribution is 5.96. The lowest BCUT2D eigenvalue weighted by atomic mass is 10.0. The van der Waals surface area contributed by atoms with Crippen molar-refractivity contribution in [3.8, 4) is 0 Å². The zero-order chi connectivity index (χ0) is 9.42. The third-order valence-corrected chi connectivity index (χ3v) is 2.61. The summed E-state index contributed by atoms with van der Waals surface area (Å²) in [6, 6.07) is 0. The first-order chi connectivity index (χ1) is 6.34. The van der Waals surface area contributed by atoms with E-state index in [1.807, 2.05) is 13.8 Å². The van der Waals surface area contributed by atoms with Gasteiger partial charge in [0, 0.05) is 0 Å². The number of carbonyl (C=O) groups is 1. The van der Waals surface area contributed by atoms with Gasteiger partial charge in [-0.1, -0.05) is 26.0 Å². The molecule has 70 valence electrons. The molecule has 0 bridgehead atoms. The molecular weight excluding hydrogens is 164 g/mol. The van der Waals surface area contributed by atoms with E-state index in [9.17, 15) is 4.79 Å². The molecule has 0 aromatic rings. The fourth-order valence-electron chi connectivity index (χ4n) is 1.83. The monoisotopic (exact) mass is 178 g/mol. The minimum Gasteiger partial charge on any atom is -0.457 e. The summed E-state index contributed by atoms with van der Waals surface area (Å²) < 4.78 is 4.89. The van der Waals surface area contributed by atoms with Gasteiger partial charge in [0.25, 0.3) is 0 Å². The maximum absolute atomic E-state index is 11.0. The number of cyclic esters (lactones) is 1.